The fourth-order valence-electron chi connectivity index (χ4n) is 2.82. The van der Waals surface area contributed by atoms with Crippen LogP contribution >= 0.6 is 0 Å². The van der Waals surface area contributed by atoms with E-state index in [1.807, 2.05) is 26.0 Å². The van der Waals surface area contributed by atoms with Crippen molar-refractivity contribution in [2.24, 2.45) is 0 Å². The van der Waals surface area contributed by atoms with E-state index in [2.05, 4.69) is 5.73 Å². The van der Waals surface area contributed by atoms with E-state index < -0.39 is 30.1 Å². The summed E-state index contributed by atoms with van der Waals surface area (Å²) in [6.45, 7) is 6.18. The highest BCUT2D eigenvalue weighted by Crippen LogP contribution is 2.32. The Hall–Kier alpha value is -2.59. The highest BCUT2D eigenvalue weighted by Gasteiger charge is 2.39. The van der Waals surface area contributed by atoms with Gasteiger partial charge in [-0.2, -0.15) is 0 Å². The van der Waals surface area contributed by atoms with Gasteiger partial charge in [-0.1, -0.05) is 5.57 Å². The maximum absolute atomic E-state index is 12.3. The number of allylic oxidation sites excluding steroid dienone is 1. The fourth-order valence-corrected chi connectivity index (χ4v) is 2.82. The molecule has 0 aromatic carbocycles. The molecule has 134 valence electrons. The van der Waals surface area contributed by atoms with Gasteiger partial charge in [-0.05, 0) is 38.0 Å². The molecule has 2 aliphatic rings. The lowest BCUT2D eigenvalue weighted by Crippen LogP contribution is -2.26. The molecule has 6 nitrogen and oxygen atoms in total. The van der Waals surface area contributed by atoms with Crippen LogP contribution in [0, 0.1) is 0 Å². The molecule has 25 heavy (non-hydrogen) atoms. The first kappa shape index (κ1) is 18.7. The summed E-state index contributed by atoms with van der Waals surface area (Å²) in [6, 6.07) is 0. The normalized spacial score (nSPS) is 25.4. The number of carbonyl (C=O) groups is 3. The van der Waals surface area contributed by atoms with Crippen LogP contribution in [-0.4, -0.2) is 36.7 Å². The molecule has 2 atom stereocenters. The minimum absolute atomic E-state index is 0.205. The van der Waals surface area contributed by atoms with E-state index >= 15 is 0 Å². The number of fused-ring (bicyclic) bond motifs is 1. The van der Waals surface area contributed by atoms with Gasteiger partial charge >= 0.3 is 17.9 Å². The van der Waals surface area contributed by atoms with Crippen LogP contribution in [0.3, 0.4) is 0 Å². The first-order chi connectivity index (χ1) is 11.8. The average Bonchev–Trinajstić information content (AvgIpc) is 2.78. The fraction of sp³-hybridized carbons (Fsp3) is 0.474. The molecule has 0 aromatic rings. The first-order valence-electron chi connectivity index (χ1n) is 8.10. The van der Waals surface area contributed by atoms with Crippen molar-refractivity contribution in [2.45, 2.75) is 52.7 Å². The minimum atomic E-state index is -0.678. The van der Waals surface area contributed by atoms with Crippen LogP contribution in [0.15, 0.2) is 40.2 Å². The van der Waals surface area contributed by atoms with E-state index in [4.69, 9.17) is 14.2 Å². The standard InChI is InChI=1S/C19H22O6/c1-11-6-5-7-12(2)9-17-18(16(8-11)24-14(4)21)15(19(22)25-17)10-23-13(3)20/h5,9,16-17H,7-8,10H2,1-4H3/b12-9+/t6?,16-,17+/m0/s1. The summed E-state index contributed by atoms with van der Waals surface area (Å²) in [6.07, 6.45) is 3.47. The van der Waals surface area contributed by atoms with E-state index in [0.29, 0.717) is 18.4 Å². The zero-order valence-corrected chi connectivity index (χ0v) is 14.9. The van der Waals surface area contributed by atoms with Gasteiger partial charge in [0.25, 0.3) is 0 Å². The Bertz CT molecular complexity index is 718. The zero-order valence-electron chi connectivity index (χ0n) is 14.9. The summed E-state index contributed by atoms with van der Waals surface area (Å²) in [4.78, 5) is 35.0. The Balaban J connectivity index is 2.54. The third-order valence-corrected chi connectivity index (χ3v) is 3.91. The lowest BCUT2D eigenvalue weighted by molar-refractivity contribution is -0.145. The van der Waals surface area contributed by atoms with Crippen molar-refractivity contribution in [1.82, 2.24) is 0 Å². The Kier molecular flexibility index (Phi) is 5.99. The van der Waals surface area contributed by atoms with Crippen LogP contribution in [0.2, 0.25) is 0 Å². The van der Waals surface area contributed by atoms with Crippen molar-refractivity contribution in [1.29, 1.82) is 0 Å². The largest absolute Gasteiger partial charge is 0.461 e. The second-order valence-corrected chi connectivity index (χ2v) is 6.19. The summed E-state index contributed by atoms with van der Waals surface area (Å²) >= 11 is 0. The maximum atomic E-state index is 12.3. The molecule has 0 N–H and O–H groups in total. The Morgan fingerprint density at radius 3 is 2.64 bits per heavy atom. The molecule has 1 aliphatic heterocycles. The van der Waals surface area contributed by atoms with Gasteiger partial charge in [0.05, 0.1) is 5.57 Å². The van der Waals surface area contributed by atoms with Gasteiger partial charge in [-0.15, -0.1) is 5.73 Å². The smallest absolute Gasteiger partial charge is 0.338 e. The lowest BCUT2D eigenvalue weighted by Gasteiger charge is -2.22. The SMILES string of the molecule is CC(=O)OCC1=C2[C@@H](OC(C)=O)CC(C)=C=CC/C(C)=C/[C@H]2OC1=O. The van der Waals surface area contributed by atoms with Crippen LogP contribution in [-0.2, 0) is 28.6 Å². The summed E-state index contributed by atoms with van der Waals surface area (Å²) in [5.74, 6) is -1.52. The molecule has 6 heteroatoms. The molecule has 0 bridgehead atoms. The highest BCUT2D eigenvalue weighted by molar-refractivity contribution is 5.93. The predicted octanol–water partition coefficient (Wildman–Crippen LogP) is 2.54. The summed E-state index contributed by atoms with van der Waals surface area (Å²) < 4.78 is 15.9. The van der Waals surface area contributed by atoms with Crippen molar-refractivity contribution in [2.75, 3.05) is 6.61 Å². The van der Waals surface area contributed by atoms with Crippen molar-refractivity contribution >= 4 is 17.9 Å². The molecule has 0 spiro atoms. The van der Waals surface area contributed by atoms with E-state index in [1.165, 1.54) is 13.8 Å². The van der Waals surface area contributed by atoms with Crippen molar-refractivity contribution in [3.8, 4) is 0 Å². The molecular weight excluding hydrogens is 324 g/mol. The summed E-state index contributed by atoms with van der Waals surface area (Å²) in [5, 5.41) is 0. The topological polar surface area (TPSA) is 78.9 Å². The number of carbonyl (C=O) groups excluding carboxylic acids is 3. The quantitative estimate of drug-likeness (QED) is 0.338. The molecule has 0 saturated heterocycles. The molecule has 0 aromatic heterocycles. The maximum Gasteiger partial charge on any atom is 0.338 e. The third-order valence-electron chi connectivity index (χ3n) is 3.91. The van der Waals surface area contributed by atoms with Crippen LogP contribution in [0.4, 0.5) is 0 Å². The average molecular weight is 346 g/mol. The number of hydrogen-bond acceptors (Lipinski definition) is 6. The third kappa shape index (κ3) is 4.94. The summed E-state index contributed by atoms with van der Waals surface area (Å²) in [7, 11) is 0. The van der Waals surface area contributed by atoms with Gasteiger partial charge in [0.1, 0.15) is 18.8 Å². The van der Waals surface area contributed by atoms with Crippen LogP contribution in [0.25, 0.3) is 0 Å². The Labute approximate surface area is 146 Å². The van der Waals surface area contributed by atoms with Gasteiger partial charge < -0.3 is 14.2 Å². The van der Waals surface area contributed by atoms with Gasteiger partial charge in [0.15, 0.2) is 0 Å². The van der Waals surface area contributed by atoms with Crippen molar-refractivity contribution < 1.29 is 28.6 Å². The van der Waals surface area contributed by atoms with Gasteiger partial charge in [0, 0.05) is 25.8 Å². The van der Waals surface area contributed by atoms with Crippen molar-refractivity contribution in [3.63, 3.8) is 0 Å². The van der Waals surface area contributed by atoms with Crippen molar-refractivity contribution in [3.05, 3.63) is 40.2 Å². The molecule has 2 rings (SSSR count). The first-order valence-corrected chi connectivity index (χ1v) is 8.10. The number of hydrogen-bond donors (Lipinski definition) is 0. The number of rotatable bonds is 3. The van der Waals surface area contributed by atoms with Gasteiger partial charge in [-0.3, -0.25) is 9.59 Å². The van der Waals surface area contributed by atoms with E-state index in [9.17, 15) is 14.4 Å². The summed E-state index contributed by atoms with van der Waals surface area (Å²) in [5.41, 5.74) is 5.81. The van der Waals surface area contributed by atoms with Gasteiger partial charge in [0.2, 0.25) is 0 Å². The van der Waals surface area contributed by atoms with Crippen LogP contribution < -0.4 is 0 Å². The molecule has 0 radical (unpaired) electrons. The van der Waals surface area contributed by atoms with Crippen LogP contribution in [0.5, 0.6) is 0 Å². The second kappa shape index (κ2) is 7.99. The predicted molar refractivity (Wildman–Crippen MR) is 89.4 cm³/mol. The van der Waals surface area contributed by atoms with E-state index in [0.717, 1.165) is 11.1 Å². The number of esters is 3. The minimum Gasteiger partial charge on any atom is -0.461 e. The Morgan fingerprint density at radius 1 is 1.28 bits per heavy atom. The van der Waals surface area contributed by atoms with E-state index in [1.54, 1.807) is 0 Å². The zero-order chi connectivity index (χ0) is 18.6. The molecule has 0 amide bonds. The Morgan fingerprint density at radius 2 is 2.00 bits per heavy atom. The highest BCUT2D eigenvalue weighted by atomic mass is 16.6. The molecular formula is C19H22O6. The molecule has 0 unspecified atom stereocenters. The van der Waals surface area contributed by atoms with E-state index in [-0.39, 0.29) is 12.2 Å². The number of ether oxygens (including phenoxy) is 3. The molecule has 0 saturated carbocycles. The second-order valence-electron chi connectivity index (χ2n) is 6.19. The molecule has 1 aliphatic carbocycles. The van der Waals surface area contributed by atoms with Crippen LogP contribution in [0.1, 0.15) is 40.5 Å². The molecule has 0 fully saturated rings. The van der Waals surface area contributed by atoms with Gasteiger partial charge in [-0.25, -0.2) is 4.79 Å². The monoisotopic (exact) mass is 346 g/mol. The molecule has 1 heterocycles. The lowest BCUT2D eigenvalue weighted by atomic mass is 9.92.